The summed E-state index contributed by atoms with van der Waals surface area (Å²) in [6, 6.07) is 11.8. The number of rotatable bonds is 4. The van der Waals surface area contributed by atoms with Gasteiger partial charge in [-0.15, -0.1) is 15.3 Å². The van der Waals surface area contributed by atoms with Crippen molar-refractivity contribution in [3.05, 3.63) is 77.6 Å². The fourth-order valence-corrected chi connectivity index (χ4v) is 2.18. The van der Waals surface area contributed by atoms with Crippen LogP contribution in [0, 0.1) is 11.6 Å². The molecule has 26 heavy (non-hydrogen) atoms. The minimum absolute atomic E-state index is 0.264. The molecule has 9 heteroatoms. The van der Waals surface area contributed by atoms with Gasteiger partial charge in [0, 0.05) is 6.21 Å². The van der Waals surface area contributed by atoms with Gasteiger partial charge in [0.25, 0.3) is 11.7 Å². The van der Waals surface area contributed by atoms with E-state index in [2.05, 4.69) is 25.4 Å². The topological polar surface area (TPSA) is 72.7 Å². The quantitative estimate of drug-likeness (QED) is 0.531. The molecular formula is C17H11F2N7. The van der Waals surface area contributed by atoms with Crippen molar-refractivity contribution in [1.29, 1.82) is 0 Å². The molecule has 0 N–H and O–H groups in total. The second-order valence-corrected chi connectivity index (χ2v) is 5.29. The fourth-order valence-electron chi connectivity index (χ4n) is 2.18. The molecular weight excluding hydrogens is 340 g/mol. The Labute approximate surface area is 146 Å². The number of benzene rings is 2. The van der Waals surface area contributed by atoms with Gasteiger partial charge in [-0.3, -0.25) is 0 Å². The zero-order valence-electron chi connectivity index (χ0n) is 13.2. The molecule has 0 bridgehead atoms. The normalized spacial score (nSPS) is 11.9. The van der Waals surface area contributed by atoms with Crippen LogP contribution in [-0.2, 0) is 0 Å². The summed E-state index contributed by atoms with van der Waals surface area (Å²) in [6.07, 6.45) is 4.55. The summed E-state index contributed by atoms with van der Waals surface area (Å²) in [5.74, 6) is 0.00717. The molecule has 0 aliphatic heterocycles. The van der Waals surface area contributed by atoms with E-state index >= 15 is 0 Å². The van der Waals surface area contributed by atoms with Crippen LogP contribution in [0.25, 0.3) is 5.78 Å². The van der Waals surface area contributed by atoms with E-state index in [1.54, 1.807) is 30.5 Å². The van der Waals surface area contributed by atoms with Gasteiger partial charge in [-0.05, 0) is 35.4 Å². The number of hydrogen-bond donors (Lipinski definition) is 0. The molecule has 2 aromatic carbocycles. The number of hydrogen-bond acceptors (Lipinski definition) is 5. The molecule has 0 aliphatic rings. The van der Waals surface area contributed by atoms with Crippen LogP contribution in [0.5, 0.6) is 0 Å². The lowest BCUT2D eigenvalue weighted by molar-refractivity contribution is 0.627. The van der Waals surface area contributed by atoms with E-state index in [1.165, 1.54) is 46.0 Å². The Morgan fingerprint density at radius 2 is 1.42 bits per heavy atom. The molecule has 2 aromatic heterocycles. The van der Waals surface area contributed by atoms with Crippen molar-refractivity contribution in [3.63, 3.8) is 0 Å². The van der Waals surface area contributed by atoms with Crippen molar-refractivity contribution in [1.82, 2.24) is 24.5 Å². The lowest BCUT2D eigenvalue weighted by Crippen LogP contribution is -1.91. The summed E-state index contributed by atoms with van der Waals surface area (Å²) in [5.41, 5.74) is 1.45. The van der Waals surface area contributed by atoms with Crippen LogP contribution >= 0.6 is 0 Å². The molecule has 128 valence electrons. The van der Waals surface area contributed by atoms with Crippen LogP contribution in [0.2, 0.25) is 0 Å². The average molecular weight is 351 g/mol. The van der Waals surface area contributed by atoms with Crippen LogP contribution in [-0.4, -0.2) is 36.9 Å². The third-order valence-corrected chi connectivity index (χ3v) is 3.49. The zero-order chi connectivity index (χ0) is 17.9. The Balaban J connectivity index is 1.58. The number of halogens is 2. The number of aromatic nitrogens is 5. The Bertz CT molecular complexity index is 1000. The van der Waals surface area contributed by atoms with E-state index in [0.29, 0.717) is 5.78 Å². The zero-order valence-corrected chi connectivity index (χ0v) is 13.2. The fraction of sp³-hybridized carbons (Fsp3) is 0. The van der Waals surface area contributed by atoms with E-state index in [4.69, 9.17) is 0 Å². The molecule has 4 rings (SSSR count). The van der Waals surface area contributed by atoms with E-state index in [0.717, 1.165) is 11.1 Å². The average Bonchev–Trinajstić information content (AvgIpc) is 3.23. The molecule has 0 spiro atoms. The van der Waals surface area contributed by atoms with Gasteiger partial charge in [-0.2, -0.15) is 14.3 Å². The molecule has 0 radical (unpaired) electrons. The van der Waals surface area contributed by atoms with Crippen molar-refractivity contribution < 1.29 is 8.78 Å². The van der Waals surface area contributed by atoms with Gasteiger partial charge in [0.1, 0.15) is 18.0 Å². The van der Waals surface area contributed by atoms with Gasteiger partial charge in [-0.1, -0.05) is 24.3 Å². The summed E-state index contributed by atoms with van der Waals surface area (Å²) < 4.78 is 28.7. The molecule has 4 aromatic rings. The number of fused-ring (bicyclic) bond motifs is 1. The van der Waals surface area contributed by atoms with Crippen LogP contribution in [0.15, 0.2) is 65.0 Å². The highest BCUT2D eigenvalue weighted by molar-refractivity contribution is 5.81. The molecule has 0 aliphatic carbocycles. The first kappa shape index (κ1) is 15.8. The maximum atomic E-state index is 12.9. The second-order valence-electron chi connectivity index (χ2n) is 5.29. The molecule has 0 saturated carbocycles. The van der Waals surface area contributed by atoms with Crippen molar-refractivity contribution in [2.24, 2.45) is 10.1 Å². The molecule has 0 amide bonds. The van der Waals surface area contributed by atoms with Gasteiger partial charge in [-0.25, -0.2) is 13.8 Å². The summed E-state index contributed by atoms with van der Waals surface area (Å²) in [4.78, 5) is 4.21. The molecule has 7 nitrogen and oxygen atoms in total. The lowest BCUT2D eigenvalue weighted by Gasteiger charge is -1.93. The van der Waals surface area contributed by atoms with Gasteiger partial charge in [0.2, 0.25) is 0 Å². The van der Waals surface area contributed by atoms with Crippen molar-refractivity contribution in [2.45, 2.75) is 0 Å². The van der Waals surface area contributed by atoms with Gasteiger partial charge < -0.3 is 0 Å². The van der Waals surface area contributed by atoms with E-state index in [-0.39, 0.29) is 17.6 Å². The van der Waals surface area contributed by atoms with Crippen LogP contribution < -0.4 is 0 Å². The first-order valence-corrected chi connectivity index (χ1v) is 7.57. The van der Waals surface area contributed by atoms with Crippen molar-refractivity contribution in [3.8, 4) is 0 Å². The highest BCUT2D eigenvalue weighted by Crippen LogP contribution is 2.11. The first-order valence-electron chi connectivity index (χ1n) is 7.57. The number of aliphatic imine (C=N–C) groups is 1. The third kappa shape index (κ3) is 3.22. The standard InChI is InChI=1S/C17H11F2N7/c18-14-5-1-12(2-6-14)9-20-16-23-24-17-25(11-22-26(16)17)21-10-13-3-7-15(19)8-4-13/h1-11H/b20-9?,21-10-. The van der Waals surface area contributed by atoms with Crippen LogP contribution in [0.1, 0.15) is 11.1 Å². The maximum absolute atomic E-state index is 12.9. The minimum Gasteiger partial charge on any atom is -0.218 e. The summed E-state index contributed by atoms with van der Waals surface area (Å²) in [5, 5.41) is 16.3. The number of nitrogens with zero attached hydrogens (tertiary/aromatic N) is 7. The molecule has 0 unspecified atom stereocenters. The molecule has 0 atom stereocenters. The highest BCUT2D eigenvalue weighted by Gasteiger charge is 2.09. The largest absolute Gasteiger partial charge is 0.276 e. The molecule has 2 heterocycles. The van der Waals surface area contributed by atoms with Crippen LogP contribution in [0.3, 0.4) is 0 Å². The SMILES string of the molecule is Fc1ccc(C=Nc2nnc3n(/N=C\c4ccc(F)cc4)cnn23)cc1. The maximum Gasteiger partial charge on any atom is 0.276 e. The van der Waals surface area contributed by atoms with Gasteiger partial charge in [0.15, 0.2) is 0 Å². The van der Waals surface area contributed by atoms with Gasteiger partial charge in [0.05, 0.1) is 6.21 Å². The molecule has 0 saturated heterocycles. The Morgan fingerprint density at radius 1 is 0.808 bits per heavy atom. The smallest absolute Gasteiger partial charge is 0.218 e. The highest BCUT2D eigenvalue weighted by atomic mass is 19.1. The summed E-state index contributed by atoms with van der Waals surface area (Å²) in [7, 11) is 0. The van der Waals surface area contributed by atoms with E-state index in [1.807, 2.05) is 0 Å². The molecule has 0 fully saturated rings. The van der Waals surface area contributed by atoms with E-state index < -0.39 is 0 Å². The van der Waals surface area contributed by atoms with Crippen molar-refractivity contribution in [2.75, 3.05) is 0 Å². The minimum atomic E-state index is -0.315. The Hall–Kier alpha value is -3.75. The monoisotopic (exact) mass is 351 g/mol. The predicted molar refractivity (Wildman–Crippen MR) is 91.8 cm³/mol. The Kier molecular flexibility index (Phi) is 4.02. The van der Waals surface area contributed by atoms with Gasteiger partial charge >= 0.3 is 0 Å². The Morgan fingerprint density at radius 3 is 2.08 bits per heavy atom. The van der Waals surface area contributed by atoms with E-state index in [9.17, 15) is 8.78 Å². The lowest BCUT2D eigenvalue weighted by atomic mass is 10.2. The second kappa shape index (κ2) is 6.63. The predicted octanol–water partition coefficient (Wildman–Crippen LogP) is 2.84. The van der Waals surface area contributed by atoms with Crippen molar-refractivity contribution >= 4 is 24.2 Å². The summed E-state index contributed by atoms with van der Waals surface area (Å²) in [6.45, 7) is 0. The summed E-state index contributed by atoms with van der Waals surface area (Å²) >= 11 is 0. The van der Waals surface area contributed by atoms with Crippen LogP contribution in [0.4, 0.5) is 14.7 Å². The third-order valence-electron chi connectivity index (χ3n) is 3.49. The first-order chi connectivity index (χ1) is 12.7.